The average molecular weight is 222 g/mol. The van der Waals surface area contributed by atoms with Gasteiger partial charge in [0.25, 0.3) is 0 Å². The number of ether oxygens (including phenoxy) is 2. The molecule has 0 saturated carbocycles. The summed E-state index contributed by atoms with van der Waals surface area (Å²) in [4.78, 5) is 0. The van der Waals surface area contributed by atoms with Gasteiger partial charge in [-0.3, -0.25) is 0 Å². The average Bonchev–Trinajstić information content (AvgIpc) is 2.28. The van der Waals surface area contributed by atoms with E-state index in [4.69, 9.17) is 9.47 Å². The molecule has 0 spiro atoms. The highest BCUT2D eigenvalue weighted by Gasteiger charge is 2.14. The first-order chi connectivity index (χ1) is 7.60. The minimum atomic E-state index is 0.640. The summed E-state index contributed by atoms with van der Waals surface area (Å²) in [6, 6.07) is 6.06. The van der Waals surface area contributed by atoms with Crippen LogP contribution in [0, 0.1) is 11.8 Å². The van der Waals surface area contributed by atoms with Crippen LogP contribution in [-0.4, -0.2) is 14.2 Å². The first-order valence-corrected chi connectivity index (χ1v) is 5.80. The first-order valence-electron chi connectivity index (χ1n) is 5.80. The molecule has 0 aliphatic carbocycles. The SMILES string of the molecule is COc1cccc(CC(C)C(C)C)c1OC. The van der Waals surface area contributed by atoms with Gasteiger partial charge in [0.1, 0.15) is 0 Å². The fraction of sp³-hybridized carbons (Fsp3) is 0.571. The molecule has 0 radical (unpaired) electrons. The van der Waals surface area contributed by atoms with Crippen molar-refractivity contribution in [2.75, 3.05) is 14.2 Å². The minimum Gasteiger partial charge on any atom is -0.493 e. The minimum absolute atomic E-state index is 0.640. The lowest BCUT2D eigenvalue weighted by Crippen LogP contribution is -2.08. The molecule has 1 unspecified atom stereocenters. The van der Waals surface area contributed by atoms with Crippen LogP contribution in [0.1, 0.15) is 26.3 Å². The van der Waals surface area contributed by atoms with E-state index in [9.17, 15) is 0 Å². The van der Waals surface area contributed by atoms with E-state index in [1.54, 1.807) is 14.2 Å². The molecule has 2 nitrogen and oxygen atoms in total. The number of hydrogen-bond acceptors (Lipinski definition) is 2. The number of rotatable bonds is 5. The van der Waals surface area contributed by atoms with E-state index in [-0.39, 0.29) is 0 Å². The Labute approximate surface area is 98.6 Å². The van der Waals surface area contributed by atoms with Crippen LogP contribution in [0.5, 0.6) is 11.5 Å². The summed E-state index contributed by atoms with van der Waals surface area (Å²) < 4.78 is 10.7. The summed E-state index contributed by atoms with van der Waals surface area (Å²) >= 11 is 0. The Kier molecular flexibility index (Phi) is 4.66. The van der Waals surface area contributed by atoms with Gasteiger partial charge in [-0.2, -0.15) is 0 Å². The summed E-state index contributed by atoms with van der Waals surface area (Å²) in [6.07, 6.45) is 1.03. The van der Waals surface area contributed by atoms with Crippen molar-refractivity contribution >= 4 is 0 Å². The standard InChI is InChI=1S/C14H22O2/c1-10(2)11(3)9-12-7-6-8-13(15-4)14(12)16-5/h6-8,10-11H,9H2,1-5H3. The van der Waals surface area contributed by atoms with Crippen LogP contribution in [0.15, 0.2) is 18.2 Å². The normalized spacial score (nSPS) is 12.6. The molecule has 90 valence electrons. The van der Waals surface area contributed by atoms with E-state index in [1.807, 2.05) is 12.1 Å². The molecular formula is C14H22O2. The van der Waals surface area contributed by atoms with Crippen LogP contribution in [0.4, 0.5) is 0 Å². The lowest BCUT2D eigenvalue weighted by molar-refractivity contribution is 0.345. The number of methoxy groups -OCH3 is 2. The lowest BCUT2D eigenvalue weighted by atomic mass is 9.90. The molecule has 0 bridgehead atoms. The Morgan fingerprint density at radius 3 is 2.25 bits per heavy atom. The largest absolute Gasteiger partial charge is 0.493 e. The molecule has 0 saturated heterocycles. The summed E-state index contributed by atoms with van der Waals surface area (Å²) in [5.74, 6) is 3.00. The van der Waals surface area contributed by atoms with Gasteiger partial charge in [0, 0.05) is 0 Å². The second kappa shape index (κ2) is 5.78. The molecule has 0 aromatic heterocycles. The maximum Gasteiger partial charge on any atom is 0.163 e. The van der Waals surface area contributed by atoms with E-state index in [0.717, 1.165) is 17.9 Å². The van der Waals surface area contributed by atoms with Crippen molar-refractivity contribution in [2.45, 2.75) is 27.2 Å². The van der Waals surface area contributed by atoms with E-state index in [0.29, 0.717) is 11.8 Å². The van der Waals surface area contributed by atoms with Crippen molar-refractivity contribution < 1.29 is 9.47 Å². The number of hydrogen-bond donors (Lipinski definition) is 0. The Hall–Kier alpha value is -1.18. The monoisotopic (exact) mass is 222 g/mol. The van der Waals surface area contributed by atoms with Gasteiger partial charge in [0.2, 0.25) is 0 Å². The number of benzene rings is 1. The molecule has 0 N–H and O–H groups in total. The zero-order valence-electron chi connectivity index (χ0n) is 10.9. The fourth-order valence-corrected chi connectivity index (χ4v) is 1.70. The van der Waals surface area contributed by atoms with Gasteiger partial charge >= 0.3 is 0 Å². The van der Waals surface area contributed by atoms with Crippen molar-refractivity contribution in [3.63, 3.8) is 0 Å². The quantitative estimate of drug-likeness (QED) is 0.758. The maximum atomic E-state index is 5.42. The van der Waals surface area contributed by atoms with Gasteiger partial charge < -0.3 is 9.47 Å². The molecule has 1 rings (SSSR count). The zero-order chi connectivity index (χ0) is 12.1. The predicted molar refractivity (Wildman–Crippen MR) is 67.3 cm³/mol. The zero-order valence-corrected chi connectivity index (χ0v) is 10.9. The van der Waals surface area contributed by atoms with Crippen molar-refractivity contribution in [3.8, 4) is 11.5 Å². The predicted octanol–water partition coefficient (Wildman–Crippen LogP) is 3.54. The molecule has 0 aliphatic heterocycles. The van der Waals surface area contributed by atoms with Gasteiger partial charge in [0.15, 0.2) is 11.5 Å². The van der Waals surface area contributed by atoms with Gasteiger partial charge in [-0.1, -0.05) is 32.9 Å². The highest BCUT2D eigenvalue weighted by molar-refractivity contribution is 5.46. The highest BCUT2D eigenvalue weighted by Crippen LogP contribution is 2.33. The van der Waals surface area contributed by atoms with Gasteiger partial charge in [-0.25, -0.2) is 0 Å². The summed E-state index contributed by atoms with van der Waals surface area (Å²) in [7, 11) is 3.37. The first kappa shape index (κ1) is 12.9. The third-order valence-corrected chi connectivity index (χ3v) is 3.16. The smallest absolute Gasteiger partial charge is 0.163 e. The van der Waals surface area contributed by atoms with E-state index < -0.39 is 0 Å². The Morgan fingerprint density at radius 2 is 1.75 bits per heavy atom. The van der Waals surface area contributed by atoms with E-state index >= 15 is 0 Å². The molecule has 0 heterocycles. The topological polar surface area (TPSA) is 18.5 Å². The van der Waals surface area contributed by atoms with Crippen LogP contribution in [0.25, 0.3) is 0 Å². The highest BCUT2D eigenvalue weighted by atomic mass is 16.5. The third kappa shape index (κ3) is 2.91. The third-order valence-electron chi connectivity index (χ3n) is 3.16. The van der Waals surface area contributed by atoms with Crippen molar-refractivity contribution in [1.29, 1.82) is 0 Å². The maximum absolute atomic E-state index is 5.42. The van der Waals surface area contributed by atoms with E-state index in [1.165, 1.54) is 5.56 Å². The Bertz CT molecular complexity index is 332. The van der Waals surface area contributed by atoms with Crippen LogP contribution < -0.4 is 9.47 Å². The molecule has 1 aromatic rings. The van der Waals surface area contributed by atoms with Crippen LogP contribution in [0.2, 0.25) is 0 Å². The van der Waals surface area contributed by atoms with Crippen LogP contribution >= 0.6 is 0 Å². The van der Waals surface area contributed by atoms with Crippen LogP contribution in [-0.2, 0) is 6.42 Å². The van der Waals surface area contributed by atoms with E-state index in [2.05, 4.69) is 26.8 Å². The van der Waals surface area contributed by atoms with Crippen molar-refractivity contribution in [1.82, 2.24) is 0 Å². The Morgan fingerprint density at radius 1 is 1.06 bits per heavy atom. The Balaban J connectivity index is 2.95. The number of para-hydroxylation sites is 1. The molecule has 2 heteroatoms. The molecule has 1 aromatic carbocycles. The van der Waals surface area contributed by atoms with Crippen molar-refractivity contribution in [3.05, 3.63) is 23.8 Å². The molecular weight excluding hydrogens is 200 g/mol. The van der Waals surface area contributed by atoms with Gasteiger partial charge in [-0.05, 0) is 29.9 Å². The second-order valence-electron chi connectivity index (χ2n) is 4.58. The fourth-order valence-electron chi connectivity index (χ4n) is 1.70. The summed E-state index contributed by atoms with van der Waals surface area (Å²) in [6.45, 7) is 6.76. The molecule has 0 fully saturated rings. The summed E-state index contributed by atoms with van der Waals surface area (Å²) in [5, 5.41) is 0. The second-order valence-corrected chi connectivity index (χ2v) is 4.58. The van der Waals surface area contributed by atoms with Gasteiger partial charge in [0.05, 0.1) is 14.2 Å². The van der Waals surface area contributed by atoms with Crippen molar-refractivity contribution in [2.24, 2.45) is 11.8 Å². The summed E-state index contributed by atoms with van der Waals surface area (Å²) in [5.41, 5.74) is 1.23. The molecule has 16 heavy (non-hydrogen) atoms. The van der Waals surface area contributed by atoms with Gasteiger partial charge in [-0.15, -0.1) is 0 Å². The van der Waals surface area contributed by atoms with Crippen LogP contribution in [0.3, 0.4) is 0 Å². The molecule has 1 atom stereocenters. The molecule has 0 aliphatic rings. The lowest BCUT2D eigenvalue weighted by Gasteiger charge is -2.18. The molecule has 0 amide bonds.